The van der Waals surface area contributed by atoms with Gasteiger partial charge in [0.2, 0.25) is 0 Å². The largest absolute Gasteiger partial charge is 0.207 e. The molecule has 15 heavy (non-hydrogen) atoms. The van der Waals surface area contributed by atoms with E-state index in [4.69, 9.17) is 0 Å². The van der Waals surface area contributed by atoms with Crippen molar-refractivity contribution in [1.29, 1.82) is 0 Å². The molecular weight excluding hydrogens is 194 g/mol. The smallest absolute Gasteiger partial charge is 0.131 e. The molecule has 0 unspecified atom stereocenters. The average Bonchev–Trinajstić information content (AvgIpc) is 2.23. The van der Waals surface area contributed by atoms with Gasteiger partial charge in [-0.15, -0.1) is 0 Å². The summed E-state index contributed by atoms with van der Waals surface area (Å²) in [6.07, 6.45) is 0. The highest BCUT2D eigenvalue weighted by Crippen LogP contribution is 2.26. The first-order valence-corrected chi connectivity index (χ1v) is 4.55. The first-order chi connectivity index (χ1) is 7.18. The molecule has 0 bridgehead atoms. The van der Waals surface area contributed by atoms with E-state index in [1.807, 2.05) is 6.07 Å². The SMILES string of the molecule is [CH2]c1ccccc1-c1cc(F)ccc1F. The lowest BCUT2D eigenvalue weighted by Gasteiger charge is -2.06. The molecule has 0 N–H and O–H groups in total. The minimum Gasteiger partial charge on any atom is -0.207 e. The van der Waals surface area contributed by atoms with Crippen molar-refractivity contribution < 1.29 is 8.78 Å². The molecule has 0 amide bonds. The second-order valence-corrected chi connectivity index (χ2v) is 3.28. The lowest BCUT2D eigenvalue weighted by Crippen LogP contribution is -1.88. The molecule has 75 valence electrons. The van der Waals surface area contributed by atoms with E-state index < -0.39 is 11.6 Å². The first-order valence-electron chi connectivity index (χ1n) is 4.55. The average molecular weight is 203 g/mol. The number of hydrogen-bond acceptors (Lipinski definition) is 0. The fourth-order valence-electron chi connectivity index (χ4n) is 1.49. The molecule has 2 heteroatoms. The topological polar surface area (TPSA) is 0 Å². The van der Waals surface area contributed by atoms with Gasteiger partial charge in [0.1, 0.15) is 11.6 Å². The van der Waals surface area contributed by atoms with Gasteiger partial charge < -0.3 is 0 Å². The van der Waals surface area contributed by atoms with E-state index in [1.165, 1.54) is 6.07 Å². The maximum absolute atomic E-state index is 13.4. The summed E-state index contributed by atoms with van der Waals surface area (Å²) in [5.74, 6) is -0.887. The number of rotatable bonds is 1. The third-order valence-electron chi connectivity index (χ3n) is 2.24. The van der Waals surface area contributed by atoms with E-state index in [0.29, 0.717) is 11.1 Å². The Hall–Kier alpha value is -1.70. The molecule has 2 rings (SSSR count). The second-order valence-electron chi connectivity index (χ2n) is 3.28. The molecule has 0 atom stereocenters. The summed E-state index contributed by atoms with van der Waals surface area (Å²) in [4.78, 5) is 0. The molecule has 0 heterocycles. The second kappa shape index (κ2) is 3.81. The van der Waals surface area contributed by atoms with Crippen LogP contribution in [0.3, 0.4) is 0 Å². The van der Waals surface area contributed by atoms with E-state index >= 15 is 0 Å². The Labute approximate surface area is 87.2 Å². The van der Waals surface area contributed by atoms with Gasteiger partial charge in [0, 0.05) is 5.56 Å². The molecule has 0 nitrogen and oxygen atoms in total. The van der Waals surface area contributed by atoms with Crippen molar-refractivity contribution in [3.8, 4) is 11.1 Å². The van der Waals surface area contributed by atoms with Gasteiger partial charge in [-0.1, -0.05) is 24.3 Å². The molecule has 2 aromatic rings. The maximum atomic E-state index is 13.4. The molecule has 1 radical (unpaired) electrons. The molecule has 0 spiro atoms. The van der Waals surface area contributed by atoms with Gasteiger partial charge in [-0.25, -0.2) is 8.78 Å². The van der Waals surface area contributed by atoms with E-state index in [-0.39, 0.29) is 5.56 Å². The van der Waals surface area contributed by atoms with Crippen LogP contribution in [0, 0.1) is 18.6 Å². The van der Waals surface area contributed by atoms with Crippen molar-refractivity contribution >= 4 is 0 Å². The van der Waals surface area contributed by atoms with Gasteiger partial charge in [0.05, 0.1) is 0 Å². The molecule has 2 aromatic carbocycles. The fraction of sp³-hybridized carbons (Fsp3) is 0. The maximum Gasteiger partial charge on any atom is 0.131 e. The predicted octanol–water partition coefficient (Wildman–Crippen LogP) is 3.81. The fourth-order valence-corrected chi connectivity index (χ4v) is 1.49. The van der Waals surface area contributed by atoms with E-state index in [0.717, 1.165) is 12.1 Å². The summed E-state index contributed by atoms with van der Waals surface area (Å²) < 4.78 is 26.4. The third-order valence-corrected chi connectivity index (χ3v) is 2.24. The van der Waals surface area contributed by atoms with Crippen molar-refractivity contribution in [2.45, 2.75) is 0 Å². The predicted molar refractivity (Wildman–Crippen MR) is 56.3 cm³/mol. The van der Waals surface area contributed by atoms with Crippen LogP contribution in [0.2, 0.25) is 0 Å². The van der Waals surface area contributed by atoms with Crippen molar-refractivity contribution in [3.05, 3.63) is 66.6 Å². The van der Waals surface area contributed by atoms with Crippen molar-refractivity contribution in [2.75, 3.05) is 0 Å². The summed E-state index contributed by atoms with van der Waals surface area (Å²) in [5, 5.41) is 0. The zero-order valence-electron chi connectivity index (χ0n) is 8.00. The van der Waals surface area contributed by atoms with E-state index in [2.05, 4.69) is 6.92 Å². The normalized spacial score (nSPS) is 10.3. The molecule has 0 fully saturated rings. The monoisotopic (exact) mass is 203 g/mol. The van der Waals surface area contributed by atoms with Crippen molar-refractivity contribution in [2.24, 2.45) is 0 Å². The zero-order valence-corrected chi connectivity index (χ0v) is 8.00. The number of hydrogen-bond donors (Lipinski definition) is 0. The summed E-state index contributed by atoms with van der Waals surface area (Å²) >= 11 is 0. The van der Waals surface area contributed by atoms with Crippen LogP contribution in [0.5, 0.6) is 0 Å². The molecule has 0 saturated heterocycles. The van der Waals surface area contributed by atoms with Crippen LogP contribution < -0.4 is 0 Å². The van der Waals surface area contributed by atoms with Crippen LogP contribution in [0.25, 0.3) is 11.1 Å². The standard InChI is InChI=1S/C13H9F2/c1-9-4-2-3-5-11(9)12-8-10(14)6-7-13(12)15/h2-8H,1H2. The van der Waals surface area contributed by atoms with Gasteiger partial charge in [0.25, 0.3) is 0 Å². The lowest BCUT2D eigenvalue weighted by atomic mass is 10.0. The first kappa shape index (κ1) is 9.84. The van der Waals surface area contributed by atoms with Crippen molar-refractivity contribution in [3.63, 3.8) is 0 Å². The quantitative estimate of drug-likeness (QED) is 0.661. The van der Waals surface area contributed by atoms with Crippen LogP contribution >= 0.6 is 0 Å². The summed E-state index contributed by atoms with van der Waals surface area (Å²) in [5.41, 5.74) is 1.55. The summed E-state index contributed by atoms with van der Waals surface area (Å²) in [6, 6.07) is 10.5. The van der Waals surface area contributed by atoms with Gasteiger partial charge >= 0.3 is 0 Å². The molecule has 0 aliphatic rings. The van der Waals surface area contributed by atoms with Gasteiger partial charge in [-0.2, -0.15) is 0 Å². The summed E-state index contributed by atoms with van der Waals surface area (Å²) in [6.45, 7) is 3.78. The van der Waals surface area contributed by atoms with Crippen molar-refractivity contribution in [1.82, 2.24) is 0 Å². The number of halogens is 2. The Kier molecular flexibility index (Phi) is 2.50. The minimum absolute atomic E-state index is 0.251. The molecule has 0 saturated carbocycles. The van der Waals surface area contributed by atoms with Crippen LogP contribution in [-0.4, -0.2) is 0 Å². The van der Waals surface area contributed by atoms with Crippen LogP contribution in [0.1, 0.15) is 5.56 Å². The molecule has 0 aliphatic carbocycles. The highest BCUT2D eigenvalue weighted by Gasteiger charge is 2.07. The molecular formula is C13H9F2. The van der Waals surface area contributed by atoms with Gasteiger partial charge in [-0.05, 0) is 36.2 Å². The lowest BCUT2D eigenvalue weighted by molar-refractivity contribution is 0.603. The highest BCUT2D eigenvalue weighted by atomic mass is 19.1. The van der Waals surface area contributed by atoms with Crippen LogP contribution in [-0.2, 0) is 0 Å². The third kappa shape index (κ3) is 1.89. The van der Waals surface area contributed by atoms with E-state index in [9.17, 15) is 8.78 Å². The molecule has 0 aromatic heterocycles. The summed E-state index contributed by atoms with van der Waals surface area (Å²) in [7, 11) is 0. The Morgan fingerprint density at radius 2 is 1.60 bits per heavy atom. The van der Waals surface area contributed by atoms with Gasteiger partial charge in [-0.3, -0.25) is 0 Å². The Morgan fingerprint density at radius 3 is 2.33 bits per heavy atom. The number of benzene rings is 2. The Balaban J connectivity index is 2.64. The Bertz CT molecular complexity index is 490. The minimum atomic E-state index is -0.449. The van der Waals surface area contributed by atoms with E-state index in [1.54, 1.807) is 18.2 Å². The highest BCUT2D eigenvalue weighted by molar-refractivity contribution is 5.68. The van der Waals surface area contributed by atoms with Crippen LogP contribution in [0.4, 0.5) is 8.78 Å². The van der Waals surface area contributed by atoms with Gasteiger partial charge in [0.15, 0.2) is 0 Å². The zero-order chi connectivity index (χ0) is 10.8. The van der Waals surface area contributed by atoms with Crippen LogP contribution in [0.15, 0.2) is 42.5 Å². The Morgan fingerprint density at radius 1 is 0.867 bits per heavy atom. The molecule has 0 aliphatic heterocycles.